The van der Waals surface area contributed by atoms with Crippen molar-refractivity contribution in [3.05, 3.63) is 120 Å². The summed E-state index contributed by atoms with van der Waals surface area (Å²) in [5, 5.41) is 63.4. The third kappa shape index (κ3) is 24.2. The highest BCUT2D eigenvalue weighted by Crippen LogP contribution is 2.24. The van der Waals surface area contributed by atoms with E-state index in [0.29, 0.717) is 23.1 Å². The number of hydrogen-bond donors (Lipinski definition) is 15. The molecule has 4 aromatic rings. The van der Waals surface area contributed by atoms with Crippen LogP contribution in [0.5, 0.6) is 0 Å². The topological polar surface area (TPSA) is 504 Å². The molecular weight excluding hydrogens is 1340 g/mol. The van der Waals surface area contributed by atoms with E-state index in [9.17, 15) is 63.3 Å². The summed E-state index contributed by atoms with van der Waals surface area (Å²) in [6, 6.07) is 10.5. The molecule has 560 valence electrons. The Morgan fingerprint density at radius 2 is 1.03 bits per heavy atom. The predicted molar refractivity (Wildman–Crippen MR) is 369 cm³/mol. The summed E-state index contributed by atoms with van der Waals surface area (Å²) >= 11 is 0. The third-order valence-corrected chi connectivity index (χ3v) is 17.9. The van der Waals surface area contributed by atoms with Gasteiger partial charge in [0.15, 0.2) is 6.29 Å². The second-order valence-electron chi connectivity index (χ2n) is 26.9. The van der Waals surface area contributed by atoms with Gasteiger partial charge in [-0.25, -0.2) is 4.68 Å². The minimum absolute atomic E-state index is 0.0326. The molecule has 4 heterocycles. The van der Waals surface area contributed by atoms with Gasteiger partial charge < -0.3 is 94.7 Å². The molecule has 18 N–H and O–H groups in total. The second-order valence-corrected chi connectivity index (χ2v) is 26.9. The zero-order valence-electron chi connectivity index (χ0n) is 58.4. The summed E-state index contributed by atoms with van der Waals surface area (Å²) in [5.74, 6) is -12.3. The molecule has 0 aliphatic carbocycles. The second kappa shape index (κ2) is 39.0. The average Bonchev–Trinajstić information content (AvgIpc) is 1.77. The number of aliphatic hydroxyl groups excluding tert-OH is 3. The van der Waals surface area contributed by atoms with Crippen molar-refractivity contribution in [1.29, 1.82) is 0 Å². The number of hydrogen-bond acceptors (Lipinski definition) is 20. The number of nitrogens with one attached hydrogen (secondary N) is 9. The zero-order valence-corrected chi connectivity index (χ0v) is 58.4. The van der Waals surface area contributed by atoms with Crippen LogP contribution in [0.1, 0.15) is 108 Å². The zero-order chi connectivity index (χ0) is 75.0. The van der Waals surface area contributed by atoms with Crippen LogP contribution in [-0.2, 0) is 99.2 Å². The molecule has 3 aromatic carbocycles. The Bertz CT molecular complexity index is 3550. The fourth-order valence-electron chi connectivity index (χ4n) is 12.3. The van der Waals surface area contributed by atoms with Crippen molar-refractivity contribution in [3.63, 3.8) is 0 Å². The molecule has 0 saturated carbocycles. The van der Waals surface area contributed by atoms with Crippen LogP contribution in [-0.4, -0.2) is 217 Å². The first-order valence-electron chi connectivity index (χ1n) is 34.7. The molecular formula is C70H98N16O17. The van der Waals surface area contributed by atoms with Crippen LogP contribution in [0.15, 0.2) is 97.2 Å². The molecule has 12 amide bonds. The molecule has 3 aliphatic heterocycles. The fraction of sp³-hybridized carbons (Fsp3) is 0.543. The minimum atomic E-state index is -1.90. The van der Waals surface area contributed by atoms with E-state index in [4.69, 9.17) is 26.7 Å². The van der Waals surface area contributed by atoms with E-state index >= 15 is 9.59 Å². The maximum atomic E-state index is 15.2. The number of nitrogens with two attached hydrogens (primary N) is 3. The van der Waals surface area contributed by atoms with Crippen LogP contribution >= 0.6 is 0 Å². The summed E-state index contributed by atoms with van der Waals surface area (Å²) in [6.07, 6.45) is -7.84. The van der Waals surface area contributed by atoms with Gasteiger partial charge in [-0.2, -0.15) is 0 Å². The normalized spacial score (nSPS) is 27.2. The van der Waals surface area contributed by atoms with Crippen molar-refractivity contribution in [2.24, 2.45) is 29.0 Å². The maximum Gasteiger partial charge on any atom is 0.246 e. The predicted octanol–water partition coefficient (Wildman–Crippen LogP) is -3.66. The number of fused-ring (bicyclic) bond motifs is 1. The van der Waals surface area contributed by atoms with Gasteiger partial charge in [0.1, 0.15) is 78.7 Å². The van der Waals surface area contributed by atoms with E-state index in [-0.39, 0.29) is 82.8 Å². The molecule has 3 fully saturated rings. The van der Waals surface area contributed by atoms with Crippen LogP contribution in [0.2, 0.25) is 0 Å². The summed E-state index contributed by atoms with van der Waals surface area (Å²) < 4.78 is 12.5. The Balaban J connectivity index is 1.29. The fourth-order valence-corrected chi connectivity index (χ4v) is 12.3. The van der Waals surface area contributed by atoms with Gasteiger partial charge in [0.05, 0.1) is 31.4 Å². The van der Waals surface area contributed by atoms with Crippen molar-refractivity contribution < 1.29 is 82.3 Å². The van der Waals surface area contributed by atoms with E-state index in [1.54, 1.807) is 105 Å². The molecule has 7 rings (SSSR count). The number of aliphatic hydroxyl groups is 3. The molecule has 1 aromatic heterocycles. The lowest BCUT2D eigenvalue weighted by atomic mass is 9.99. The number of amides is 12. The van der Waals surface area contributed by atoms with Crippen molar-refractivity contribution >= 4 is 70.9 Å². The summed E-state index contributed by atoms with van der Waals surface area (Å²) in [6.45, 7) is 8.10. The highest BCUT2D eigenvalue weighted by Gasteiger charge is 2.44. The van der Waals surface area contributed by atoms with Gasteiger partial charge in [0.2, 0.25) is 70.9 Å². The van der Waals surface area contributed by atoms with Crippen molar-refractivity contribution in [2.45, 2.75) is 209 Å². The van der Waals surface area contributed by atoms with E-state index in [1.165, 1.54) is 22.7 Å². The monoisotopic (exact) mass is 1430 g/mol. The molecule has 0 unspecified atom stereocenters. The standard InChI is InChI=1S/C70H98N16O17/c1-38(2)31-47-62(94)81-52(34-43-21-13-8-14-22-43)69(101)86-28-16-24-53(86)67(99)80-49(33-42-19-11-7-12-20-42)64(96)77-48(32-41-17-9-6-10-18-41)63(95)79-51(36-55(73)88)65(97)74-46(25-26-54(72)87)61(93)78-50(66(98)82-56(39(3)4)68(100)75-45(23-15-27-71)60(92)76-47)35-44-37-85(84-83-44)29-30-102-70-59(91)58(90)57(89)40(5)103-70/h6-14,17-22,37-40,45-53,56-59,70,89-91H,15-16,23-36,71H2,1-5H3,(H2,72,87)(H2,73,88)(H,74,97)(H,75,100)(H,76,92)(H,77,96)(H,78,93)(H,79,95)(H,80,99)(H,81,94)(H,82,98)/t40-,45-,46-,47-,48+,49-,50-,51-,52+,53-,56-,57+,58+,59-,70-/m0/s1. The number of aromatic nitrogens is 3. The SMILES string of the molecule is CC(C)C[C@@H]1NC(=O)[C@H](CCCN)NC(=O)[C@H](C(C)C)NC(=O)[C@H](Cc2cn(CCO[C@H]3O[C@@H](C)[C@@H](O)[C@@H](O)[C@@H]3O)nn2)NC(=O)[C@H](CCC(N)=O)NC(=O)[C@H](CC(N)=O)NC(=O)[C@@H](Cc2ccccc2)NC(=O)[C@H](Cc2ccccc2)NC(=O)[C@@H]2CCCN2C(=O)[C@@H](Cc2ccccc2)NC1=O. The molecule has 0 spiro atoms. The quantitative estimate of drug-likeness (QED) is 0.0340. The summed E-state index contributed by atoms with van der Waals surface area (Å²) in [4.78, 5) is 176. The molecule has 0 bridgehead atoms. The number of benzene rings is 3. The van der Waals surface area contributed by atoms with Gasteiger partial charge in [-0.15, -0.1) is 5.10 Å². The van der Waals surface area contributed by atoms with Gasteiger partial charge in [-0.3, -0.25) is 57.5 Å². The van der Waals surface area contributed by atoms with Gasteiger partial charge in [-0.05, 0) is 80.5 Å². The Morgan fingerprint density at radius 1 is 0.563 bits per heavy atom. The first-order valence-corrected chi connectivity index (χ1v) is 34.7. The molecule has 15 atom stereocenters. The minimum Gasteiger partial charge on any atom is -0.388 e. The van der Waals surface area contributed by atoms with Gasteiger partial charge in [-0.1, -0.05) is 124 Å². The molecule has 3 saturated heterocycles. The number of rotatable bonds is 23. The van der Waals surface area contributed by atoms with Crippen LogP contribution in [0, 0.1) is 11.8 Å². The average molecular weight is 1440 g/mol. The Hall–Kier alpha value is -9.80. The lowest BCUT2D eigenvalue weighted by molar-refractivity contribution is -0.293. The van der Waals surface area contributed by atoms with E-state index in [2.05, 4.69) is 58.2 Å². The highest BCUT2D eigenvalue weighted by atomic mass is 16.7. The van der Waals surface area contributed by atoms with Crippen molar-refractivity contribution in [1.82, 2.24) is 67.7 Å². The van der Waals surface area contributed by atoms with Crippen LogP contribution in [0.25, 0.3) is 0 Å². The lowest BCUT2D eigenvalue weighted by Crippen LogP contribution is -2.62. The third-order valence-electron chi connectivity index (χ3n) is 17.9. The maximum absolute atomic E-state index is 15.2. The number of ether oxygens (including phenoxy) is 2. The Morgan fingerprint density at radius 3 is 1.57 bits per heavy atom. The number of nitrogens with zero attached hydrogens (tertiary/aromatic N) is 4. The molecule has 33 heteroatoms. The smallest absolute Gasteiger partial charge is 0.246 e. The van der Waals surface area contributed by atoms with E-state index in [1.807, 2.05) is 13.8 Å². The largest absolute Gasteiger partial charge is 0.388 e. The van der Waals surface area contributed by atoms with Crippen molar-refractivity contribution in [3.8, 4) is 0 Å². The van der Waals surface area contributed by atoms with Crippen LogP contribution in [0.4, 0.5) is 0 Å². The first-order chi connectivity index (χ1) is 49.1. The summed E-state index contributed by atoms with van der Waals surface area (Å²) in [7, 11) is 0. The summed E-state index contributed by atoms with van der Waals surface area (Å²) in [5.41, 5.74) is 19.0. The molecule has 0 radical (unpaired) electrons. The molecule has 33 nitrogen and oxygen atoms in total. The molecule has 103 heavy (non-hydrogen) atoms. The van der Waals surface area contributed by atoms with Gasteiger partial charge in [0, 0.05) is 44.8 Å². The Kier molecular flexibility index (Phi) is 30.5. The number of carbonyl (C=O) groups is 12. The number of primary amides is 2. The van der Waals surface area contributed by atoms with Crippen molar-refractivity contribution in [2.75, 3.05) is 19.7 Å². The van der Waals surface area contributed by atoms with Gasteiger partial charge in [0.25, 0.3) is 0 Å². The number of carbonyl (C=O) groups excluding carboxylic acids is 12. The first kappa shape index (κ1) is 80.5. The Labute approximate surface area is 596 Å². The van der Waals surface area contributed by atoms with Crippen LogP contribution < -0.4 is 65.1 Å². The van der Waals surface area contributed by atoms with E-state index < -0.39 is 194 Å². The lowest BCUT2D eigenvalue weighted by Gasteiger charge is -2.38. The van der Waals surface area contributed by atoms with E-state index in [0.717, 1.165) is 0 Å². The van der Waals surface area contributed by atoms with Gasteiger partial charge >= 0.3 is 0 Å². The molecule has 3 aliphatic rings. The highest BCUT2D eigenvalue weighted by molar-refractivity contribution is 6.01. The van der Waals surface area contributed by atoms with Crippen LogP contribution in [0.3, 0.4) is 0 Å².